The van der Waals surface area contributed by atoms with Crippen LogP contribution in [0.2, 0.25) is 0 Å². The van der Waals surface area contributed by atoms with Crippen molar-refractivity contribution in [3.05, 3.63) is 35.4 Å². The van der Waals surface area contributed by atoms with Crippen molar-refractivity contribution in [3.8, 4) is 0 Å². The van der Waals surface area contributed by atoms with E-state index in [1.807, 2.05) is 52.0 Å². The zero-order chi connectivity index (χ0) is 24.1. The lowest BCUT2D eigenvalue weighted by Gasteiger charge is -2.24. The summed E-state index contributed by atoms with van der Waals surface area (Å²) in [7, 11) is 3.48. The first-order valence-corrected chi connectivity index (χ1v) is 11.4. The highest BCUT2D eigenvalue weighted by molar-refractivity contribution is 5.93. The number of benzene rings is 1. The molecule has 8 nitrogen and oxygen atoms in total. The zero-order valence-corrected chi connectivity index (χ0v) is 20.7. The summed E-state index contributed by atoms with van der Waals surface area (Å²) in [6.45, 7) is 11.3. The average molecular weight is 448 g/mol. The Balaban J connectivity index is 2.78. The first kappa shape index (κ1) is 27.3. The quantitative estimate of drug-likeness (QED) is 0.377. The van der Waals surface area contributed by atoms with Crippen molar-refractivity contribution in [2.45, 2.75) is 72.1 Å². The predicted molar refractivity (Wildman–Crippen MR) is 130 cm³/mol. The van der Waals surface area contributed by atoms with Gasteiger partial charge in [0.2, 0.25) is 0 Å². The second-order valence-electron chi connectivity index (χ2n) is 8.96. The molecule has 180 valence electrons. The van der Waals surface area contributed by atoms with Crippen LogP contribution in [0, 0.1) is 0 Å². The molecule has 0 radical (unpaired) electrons. The number of hydrogen-bond donors (Lipinski definition) is 3. The molecule has 0 heterocycles. The van der Waals surface area contributed by atoms with Gasteiger partial charge in [-0.05, 0) is 51.8 Å². The molecule has 1 aromatic carbocycles. The van der Waals surface area contributed by atoms with Crippen molar-refractivity contribution < 1.29 is 14.3 Å². The number of unbranched alkanes of at least 4 members (excludes halogenated alkanes) is 1. The second-order valence-corrected chi connectivity index (χ2v) is 8.96. The third-order valence-electron chi connectivity index (χ3n) is 4.51. The lowest BCUT2D eigenvalue weighted by Crippen LogP contribution is -2.49. The van der Waals surface area contributed by atoms with Crippen molar-refractivity contribution in [3.63, 3.8) is 0 Å². The Labute approximate surface area is 193 Å². The highest BCUT2D eigenvalue weighted by Gasteiger charge is 2.18. The van der Waals surface area contributed by atoms with Gasteiger partial charge in [0.1, 0.15) is 5.60 Å². The molecule has 0 bridgehead atoms. The standard InChI is InChI=1S/C24H41N5O3/c1-8-10-11-20(17-27-23(31)32-24(3,4)5)28-22(25-9-2)26-16-18-12-14-19(15-13-18)21(30)29(6)7/h12-15,20H,8-11,16-17H2,1-7H3,(H,27,31)(H2,25,26,28). The third kappa shape index (κ3) is 11.0. The van der Waals surface area contributed by atoms with Crippen LogP contribution < -0.4 is 16.0 Å². The number of rotatable bonds is 10. The SMILES string of the molecule is CCCCC(CNC(=O)OC(C)(C)C)NC(=NCc1ccc(C(=O)N(C)C)cc1)NCC. The summed E-state index contributed by atoms with van der Waals surface area (Å²) < 4.78 is 5.34. The second kappa shape index (κ2) is 13.6. The Morgan fingerprint density at radius 1 is 1.09 bits per heavy atom. The first-order chi connectivity index (χ1) is 15.1. The van der Waals surface area contributed by atoms with E-state index in [9.17, 15) is 9.59 Å². The van der Waals surface area contributed by atoms with Crippen LogP contribution in [0.4, 0.5) is 4.79 Å². The van der Waals surface area contributed by atoms with Gasteiger partial charge < -0.3 is 25.6 Å². The van der Waals surface area contributed by atoms with Crippen LogP contribution >= 0.6 is 0 Å². The van der Waals surface area contributed by atoms with E-state index in [-0.39, 0.29) is 11.9 Å². The monoisotopic (exact) mass is 447 g/mol. The minimum Gasteiger partial charge on any atom is -0.444 e. The number of hydrogen-bond acceptors (Lipinski definition) is 4. The van der Waals surface area contributed by atoms with E-state index < -0.39 is 11.7 Å². The van der Waals surface area contributed by atoms with Crippen molar-refractivity contribution >= 4 is 18.0 Å². The molecular weight excluding hydrogens is 406 g/mol. The Morgan fingerprint density at radius 2 is 1.75 bits per heavy atom. The van der Waals surface area contributed by atoms with Crippen molar-refractivity contribution in [1.29, 1.82) is 0 Å². The summed E-state index contributed by atoms with van der Waals surface area (Å²) in [6, 6.07) is 7.51. The van der Waals surface area contributed by atoms with E-state index in [0.717, 1.165) is 31.4 Å². The summed E-state index contributed by atoms with van der Waals surface area (Å²) in [5.41, 5.74) is 1.13. The first-order valence-electron chi connectivity index (χ1n) is 11.4. The molecule has 0 fully saturated rings. The van der Waals surface area contributed by atoms with Crippen LogP contribution in [0.3, 0.4) is 0 Å². The predicted octanol–water partition coefficient (Wildman–Crippen LogP) is 3.53. The third-order valence-corrected chi connectivity index (χ3v) is 4.51. The van der Waals surface area contributed by atoms with E-state index in [1.165, 1.54) is 0 Å². The van der Waals surface area contributed by atoms with E-state index in [2.05, 4.69) is 27.9 Å². The normalized spacial score (nSPS) is 12.7. The van der Waals surface area contributed by atoms with Gasteiger partial charge in [-0.2, -0.15) is 0 Å². The zero-order valence-electron chi connectivity index (χ0n) is 20.7. The molecule has 0 saturated carbocycles. The number of guanidine groups is 1. The average Bonchev–Trinajstić information content (AvgIpc) is 2.72. The van der Waals surface area contributed by atoms with Gasteiger partial charge in [-0.15, -0.1) is 0 Å². The Hall–Kier alpha value is -2.77. The van der Waals surface area contributed by atoms with Gasteiger partial charge in [0.25, 0.3) is 5.91 Å². The fourth-order valence-corrected chi connectivity index (χ4v) is 2.89. The fraction of sp³-hybridized carbons (Fsp3) is 0.625. The molecule has 0 aromatic heterocycles. The van der Waals surface area contributed by atoms with Crippen LogP contribution in [0.5, 0.6) is 0 Å². The fourth-order valence-electron chi connectivity index (χ4n) is 2.89. The van der Waals surface area contributed by atoms with E-state index in [1.54, 1.807) is 19.0 Å². The van der Waals surface area contributed by atoms with Gasteiger partial charge in [-0.25, -0.2) is 9.79 Å². The molecule has 0 aliphatic heterocycles. The maximum absolute atomic E-state index is 12.0. The Morgan fingerprint density at radius 3 is 2.28 bits per heavy atom. The van der Waals surface area contributed by atoms with Crippen LogP contribution in [-0.4, -0.2) is 61.7 Å². The van der Waals surface area contributed by atoms with Crippen LogP contribution in [-0.2, 0) is 11.3 Å². The molecule has 1 atom stereocenters. The number of nitrogens with zero attached hydrogens (tertiary/aromatic N) is 2. The van der Waals surface area contributed by atoms with Crippen LogP contribution in [0.1, 0.15) is 69.8 Å². The van der Waals surface area contributed by atoms with E-state index in [4.69, 9.17) is 4.74 Å². The van der Waals surface area contributed by atoms with Crippen molar-refractivity contribution in [1.82, 2.24) is 20.9 Å². The molecule has 0 aliphatic rings. The number of nitrogens with one attached hydrogen (secondary N) is 3. The minimum absolute atomic E-state index is 0.0219. The number of ether oxygens (including phenoxy) is 1. The molecule has 1 rings (SSSR count). The Bertz CT molecular complexity index is 739. The van der Waals surface area contributed by atoms with Gasteiger partial charge in [0.15, 0.2) is 5.96 Å². The number of aliphatic imine (C=N–C) groups is 1. The molecule has 0 aliphatic carbocycles. The molecule has 8 heteroatoms. The van der Waals surface area contributed by atoms with E-state index >= 15 is 0 Å². The van der Waals surface area contributed by atoms with Gasteiger partial charge in [-0.1, -0.05) is 31.9 Å². The van der Waals surface area contributed by atoms with Gasteiger partial charge in [-0.3, -0.25) is 4.79 Å². The minimum atomic E-state index is -0.528. The summed E-state index contributed by atoms with van der Waals surface area (Å²) in [5.74, 6) is 0.666. The summed E-state index contributed by atoms with van der Waals surface area (Å²) in [4.78, 5) is 30.3. The summed E-state index contributed by atoms with van der Waals surface area (Å²) >= 11 is 0. The maximum Gasteiger partial charge on any atom is 0.407 e. The number of amides is 2. The van der Waals surface area contributed by atoms with E-state index in [0.29, 0.717) is 24.6 Å². The molecule has 3 N–H and O–H groups in total. The molecule has 1 unspecified atom stereocenters. The lowest BCUT2D eigenvalue weighted by atomic mass is 10.1. The van der Waals surface area contributed by atoms with Gasteiger partial charge in [0.05, 0.1) is 6.54 Å². The summed E-state index contributed by atoms with van der Waals surface area (Å²) in [6.07, 6.45) is 2.58. The van der Waals surface area contributed by atoms with Gasteiger partial charge >= 0.3 is 6.09 Å². The highest BCUT2D eigenvalue weighted by atomic mass is 16.6. The smallest absolute Gasteiger partial charge is 0.407 e. The van der Waals surface area contributed by atoms with Crippen LogP contribution in [0.25, 0.3) is 0 Å². The maximum atomic E-state index is 12.0. The summed E-state index contributed by atoms with van der Waals surface area (Å²) in [5, 5.41) is 9.55. The number of alkyl carbamates (subject to hydrolysis) is 1. The number of carbonyl (C=O) groups excluding carboxylic acids is 2. The van der Waals surface area contributed by atoms with Crippen molar-refractivity contribution in [2.24, 2.45) is 4.99 Å². The topological polar surface area (TPSA) is 95.1 Å². The molecule has 0 saturated heterocycles. The molecule has 1 aromatic rings. The van der Waals surface area contributed by atoms with Crippen LogP contribution in [0.15, 0.2) is 29.3 Å². The Kier molecular flexibility index (Phi) is 11.6. The molecule has 0 spiro atoms. The highest BCUT2D eigenvalue weighted by Crippen LogP contribution is 2.09. The molecule has 32 heavy (non-hydrogen) atoms. The van der Waals surface area contributed by atoms with Gasteiger partial charge in [0, 0.05) is 38.8 Å². The largest absolute Gasteiger partial charge is 0.444 e. The molecular formula is C24H41N5O3. The molecule has 2 amide bonds. The number of carbonyl (C=O) groups is 2. The van der Waals surface area contributed by atoms with Crippen molar-refractivity contribution in [2.75, 3.05) is 27.2 Å². The lowest BCUT2D eigenvalue weighted by molar-refractivity contribution is 0.0522.